The number of carbonyl (C=O) groups is 3. The Morgan fingerprint density at radius 1 is 0.395 bits per heavy atom. The summed E-state index contributed by atoms with van der Waals surface area (Å²) in [4.78, 5) is 52.7. The number of methoxy groups -OCH3 is 2. The number of esters is 2. The lowest BCUT2D eigenvalue weighted by Gasteiger charge is -2.08. The number of hydrogen-bond acceptors (Lipinski definition) is 10. The van der Waals surface area contributed by atoms with Crippen LogP contribution in [-0.4, -0.2) is 47.1 Å². The highest BCUT2D eigenvalue weighted by Gasteiger charge is 2.15. The van der Waals surface area contributed by atoms with E-state index >= 15 is 0 Å². The normalized spacial score (nSPS) is 7.12. The van der Waals surface area contributed by atoms with Crippen molar-refractivity contribution in [1.82, 2.24) is 0 Å². The first kappa shape index (κ1) is 218. The summed E-state index contributed by atoms with van der Waals surface area (Å²) in [6.07, 6.45) is 1.59. The zero-order chi connectivity index (χ0) is 34.1. The lowest BCUT2D eigenvalue weighted by Crippen LogP contribution is -2.15. The zero-order valence-electron chi connectivity index (χ0n) is 25.9. The predicted octanol–water partition coefficient (Wildman–Crippen LogP) is 25.1. The molecular formula is C63H163N3O10. The lowest BCUT2D eigenvalue weighted by atomic mass is 10.0. The minimum absolute atomic E-state index is 0. The molecule has 0 radical (unpaired) electrons. The molecule has 3 atom stereocenters. The van der Waals surface area contributed by atoms with Crippen molar-refractivity contribution < 1.29 is 38.8 Å². The van der Waals surface area contributed by atoms with Crippen LogP contribution in [0.3, 0.4) is 0 Å². The van der Waals surface area contributed by atoms with Crippen LogP contribution in [0.25, 0.3) is 0 Å². The number of nitro groups is 2. The third kappa shape index (κ3) is 85.4. The number of hydrogen-bond donors (Lipinski definition) is 2. The molecule has 13 heteroatoms. The molecule has 3 rings (SSSR count). The van der Waals surface area contributed by atoms with Gasteiger partial charge in [-0.05, 0) is 48.1 Å². The molecule has 0 aliphatic carbocycles. The van der Waals surface area contributed by atoms with Gasteiger partial charge >= 0.3 is 17.9 Å². The summed E-state index contributed by atoms with van der Waals surface area (Å²) in [5.41, 5.74) is 9.11. The molecule has 76 heavy (non-hydrogen) atoms. The van der Waals surface area contributed by atoms with Crippen molar-refractivity contribution >= 4 is 35.0 Å². The van der Waals surface area contributed by atoms with Gasteiger partial charge in [-0.2, -0.15) is 0 Å². The smallest absolute Gasteiger partial charge is 0.308 e. The summed E-state index contributed by atoms with van der Waals surface area (Å²) in [6, 6.07) is 19.6. The predicted molar refractivity (Wildman–Crippen MR) is 376 cm³/mol. The van der Waals surface area contributed by atoms with Crippen molar-refractivity contribution in [1.29, 1.82) is 0 Å². The molecule has 490 valence electrons. The first-order valence-electron chi connectivity index (χ1n) is 13.9. The van der Waals surface area contributed by atoms with E-state index in [2.05, 4.69) is 9.47 Å². The molecule has 0 spiro atoms. The van der Waals surface area contributed by atoms with Gasteiger partial charge in [0.25, 0.3) is 11.4 Å². The second-order valence-electron chi connectivity index (χ2n) is 10.3. The SMILES string of the molecule is C.C.C.C.C.C.C.C.C.C.C.C.C.C.C.C.C.C.C.C.C.C.C.C.C.C.C.C.C.C.C.COC(=O)[C@@H](C)Cc1ccc(N)cc1.COC(=O)[C@@H](C)Cc1ccc([N+](=O)[O-])cc1.C[C@@H](Cc1ccc([N+](=O)[O-])cc1)C(=O)O. The largest absolute Gasteiger partial charge is 0.481 e. The van der Waals surface area contributed by atoms with Crippen molar-refractivity contribution in [3.05, 3.63) is 110 Å². The van der Waals surface area contributed by atoms with Crippen molar-refractivity contribution in [3.63, 3.8) is 0 Å². The number of ether oxygens (including phenoxy) is 2. The van der Waals surface area contributed by atoms with Crippen LogP contribution in [0.4, 0.5) is 17.1 Å². The van der Waals surface area contributed by atoms with Crippen LogP contribution in [-0.2, 0) is 43.1 Å². The van der Waals surface area contributed by atoms with Crippen LogP contribution in [0, 0.1) is 38.0 Å². The summed E-state index contributed by atoms with van der Waals surface area (Å²) in [6.45, 7) is 5.21. The van der Waals surface area contributed by atoms with E-state index in [9.17, 15) is 34.6 Å². The molecule has 3 aromatic rings. The van der Waals surface area contributed by atoms with Gasteiger partial charge < -0.3 is 20.3 Å². The average Bonchev–Trinajstić information content (AvgIpc) is 3.02. The number of nitro benzene ring substituents is 2. The number of carbonyl (C=O) groups excluding carboxylic acids is 2. The Morgan fingerprint density at radius 3 is 0.724 bits per heavy atom. The molecule has 3 N–H and O–H groups in total. The van der Waals surface area contributed by atoms with E-state index in [0.29, 0.717) is 19.3 Å². The van der Waals surface area contributed by atoms with Gasteiger partial charge in [0.1, 0.15) is 0 Å². The molecule has 0 heterocycles. The van der Waals surface area contributed by atoms with Crippen LogP contribution >= 0.6 is 0 Å². The second kappa shape index (κ2) is 114. The van der Waals surface area contributed by atoms with E-state index in [1.54, 1.807) is 38.1 Å². The highest BCUT2D eigenvalue weighted by Crippen LogP contribution is 2.17. The number of anilines is 1. The van der Waals surface area contributed by atoms with Gasteiger partial charge in [0, 0.05) is 30.0 Å². The summed E-state index contributed by atoms with van der Waals surface area (Å²) >= 11 is 0. The number of rotatable bonds is 11. The minimum Gasteiger partial charge on any atom is -0.481 e. The van der Waals surface area contributed by atoms with E-state index in [1.807, 2.05) is 31.2 Å². The number of nitrogens with two attached hydrogens (primary N) is 1. The number of carboxylic acid groups (broad SMARTS) is 1. The summed E-state index contributed by atoms with van der Waals surface area (Å²) in [5, 5.41) is 29.5. The quantitative estimate of drug-likeness (QED) is 0.0800. The second-order valence-corrected chi connectivity index (χ2v) is 10.3. The Morgan fingerprint density at radius 2 is 0.566 bits per heavy atom. The third-order valence-corrected chi connectivity index (χ3v) is 6.53. The molecule has 0 saturated carbocycles. The molecule has 0 fully saturated rings. The fourth-order valence-corrected chi connectivity index (χ4v) is 3.88. The molecule has 13 nitrogen and oxygen atoms in total. The standard InChI is InChI=1S/C11H13NO4.C11H15NO2.C10H11NO4.31CH4/c1-8(11(13)16-2)7-9-3-5-10(6-4-9)12(14)15;1-8(11(13)14-2)7-9-3-5-10(12)6-4-9;1-7(10(12)13)6-8-2-4-9(5-3-8)11(14)15;;;;;;;;;;;;;;;;;;;;;;;;;;;;;;;/h3-6,8H,7H2,1-2H3;3-6,8H,7,12H2,1-2H3;2-5,7H,6H2,1H3,(H,12,13);31*1H4/t2*8-;7-;;;;;;;;;;;;;;;;;;;;;;;;;;;;;;;/m000.............................../s1. The van der Waals surface area contributed by atoms with E-state index in [-0.39, 0.29) is 265 Å². The Bertz CT molecular complexity index is 1420. The Kier molecular flexibility index (Phi) is 327. The number of nitrogens with zero attached hydrogens (tertiary/aromatic N) is 2. The number of carboxylic acids is 1. The molecule has 0 saturated heterocycles. The van der Waals surface area contributed by atoms with Crippen molar-refractivity contribution in [3.8, 4) is 0 Å². The topological polar surface area (TPSA) is 202 Å². The number of benzene rings is 3. The first-order chi connectivity index (χ1) is 21.2. The Balaban J connectivity index is -0.0000000115. The van der Waals surface area contributed by atoms with Gasteiger partial charge in [-0.25, -0.2) is 0 Å². The summed E-state index contributed by atoms with van der Waals surface area (Å²) in [7, 11) is 2.75. The van der Waals surface area contributed by atoms with Crippen LogP contribution in [0.5, 0.6) is 0 Å². The van der Waals surface area contributed by atoms with E-state index in [0.717, 1.165) is 22.4 Å². The first-order valence-corrected chi connectivity index (χ1v) is 13.9. The Labute approximate surface area is 489 Å². The number of aliphatic carboxylic acids is 1. The highest BCUT2D eigenvalue weighted by atomic mass is 16.6. The third-order valence-electron chi connectivity index (χ3n) is 6.53. The van der Waals surface area contributed by atoms with Gasteiger partial charge in [-0.3, -0.25) is 34.6 Å². The minimum atomic E-state index is -0.867. The van der Waals surface area contributed by atoms with Gasteiger partial charge in [0.15, 0.2) is 0 Å². The maximum absolute atomic E-state index is 11.2. The fourth-order valence-electron chi connectivity index (χ4n) is 3.88. The van der Waals surface area contributed by atoms with Gasteiger partial charge in [0.2, 0.25) is 0 Å². The fraction of sp³-hybridized carbons (Fsp3) is 0.667. The van der Waals surface area contributed by atoms with Crippen LogP contribution in [0.2, 0.25) is 0 Å². The Hall–Kier alpha value is -5.33. The molecule has 0 bridgehead atoms. The molecule has 0 aliphatic rings. The molecular weight excluding hydrogens is 959 g/mol. The van der Waals surface area contributed by atoms with Crippen molar-refractivity contribution in [2.45, 2.75) is 270 Å². The van der Waals surface area contributed by atoms with E-state index in [4.69, 9.17) is 10.8 Å². The molecule has 3 aromatic carbocycles. The van der Waals surface area contributed by atoms with Gasteiger partial charge in [0.05, 0.1) is 41.8 Å². The monoisotopic (exact) mass is 1120 g/mol. The summed E-state index contributed by atoms with van der Waals surface area (Å²) < 4.78 is 9.24. The maximum Gasteiger partial charge on any atom is 0.308 e. The number of nitrogen functional groups attached to an aromatic ring is 1. The van der Waals surface area contributed by atoms with Crippen molar-refractivity contribution in [2.24, 2.45) is 17.8 Å². The average molecular weight is 1120 g/mol. The summed E-state index contributed by atoms with van der Waals surface area (Å²) in [5.74, 6) is -2.16. The zero-order valence-corrected chi connectivity index (χ0v) is 25.9. The highest BCUT2D eigenvalue weighted by molar-refractivity contribution is 5.72. The molecule has 0 aromatic heterocycles. The van der Waals surface area contributed by atoms with Crippen LogP contribution in [0.15, 0.2) is 72.8 Å². The maximum atomic E-state index is 11.2. The molecule has 0 amide bonds. The van der Waals surface area contributed by atoms with E-state index < -0.39 is 21.7 Å². The molecule has 0 unspecified atom stereocenters. The number of non-ortho nitro benzene ring substituents is 2. The van der Waals surface area contributed by atoms with Crippen LogP contribution < -0.4 is 5.73 Å². The van der Waals surface area contributed by atoms with Crippen molar-refractivity contribution in [2.75, 3.05) is 20.0 Å². The lowest BCUT2D eigenvalue weighted by molar-refractivity contribution is -0.385. The van der Waals surface area contributed by atoms with E-state index in [1.165, 1.54) is 38.5 Å². The van der Waals surface area contributed by atoms with Gasteiger partial charge in [-0.15, -0.1) is 0 Å². The molecule has 0 aliphatic heterocycles. The van der Waals surface area contributed by atoms with Gasteiger partial charge in [-0.1, -0.05) is 287 Å². The van der Waals surface area contributed by atoms with Crippen LogP contribution in [0.1, 0.15) is 268 Å².